The quantitative estimate of drug-likeness (QED) is 0.780. The molecule has 110 valence electrons. The molecule has 0 saturated carbocycles. The number of benzene rings is 2. The van der Waals surface area contributed by atoms with E-state index in [4.69, 9.17) is 9.52 Å². The minimum atomic E-state index is -0.969. The molecule has 0 aliphatic carbocycles. The summed E-state index contributed by atoms with van der Waals surface area (Å²) in [6.07, 6.45) is 2.65. The first-order chi connectivity index (χ1) is 10.7. The maximum atomic E-state index is 11.0. The van der Waals surface area contributed by atoms with E-state index in [2.05, 4.69) is 24.0 Å². The molecule has 2 aromatic carbocycles. The second-order valence-electron chi connectivity index (χ2n) is 4.97. The predicted molar refractivity (Wildman–Crippen MR) is 83.7 cm³/mol. The normalized spacial score (nSPS) is 10.6. The molecule has 1 N–H and O–H groups in total. The Labute approximate surface area is 128 Å². The standard InChI is InChI=1S/C18H15NO3/c1-2-12-6-8-13(9-7-12)16-11-19-17(22-16)14-4-3-5-15(10-14)18(20)21/h3-11H,2H2,1H3,(H,20,21). The second kappa shape index (κ2) is 5.85. The molecule has 0 unspecified atom stereocenters. The van der Waals surface area contributed by atoms with Crippen LogP contribution in [0.3, 0.4) is 0 Å². The third kappa shape index (κ3) is 2.76. The summed E-state index contributed by atoms with van der Waals surface area (Å²) in [6.45, 7) is 2.11. The van der Waals surface area contributed by atoms with E-state index in [0.717, 1.165) is 12.0 Å². The molecular formula is C18H15NO3. The van der Waals surface area contributed by atoms with Crippen molar-refractivity contribution in [3.63, 3.8) is 0 Å². The molecule has 22 heavy (non-hydrogen) atoms. The van der Waals surface area contributed by atoms with Crippen LogP contribution in [-0.2, 0) is 6.42 Å². The van der Waals surface area contributed by atoms with Gasteiger partial charge < -0.3 is 9.52 Å². The number of aromatic nitrogens is 1. The molecule has 0 fully saturated rings. The molecule has 0 saturated heterocycles. The second-order valence-corrected chi connectivity index (χ2v) is 4.97. The van der Waals surface area contributed by atoms with E-state index in [1.54, 1.807) is 30.5 Å². The molecule has 1 aromatic heterocycles. The molecule has 3 rings (SSSR count). The summed E-state index contributed by atoms with van der Waals surface area (Å²) < 4.78 is 5.76. The van der Waals surface area contributed by atoms with Crippen molar-refractivity contribution in [2.24, 2.45) is 0 Å². The highest BCUT2D eigenvalue weighted by molar-refractivity contribution is 5.89. The number of nitrogens with zero attached hydrogens (tertiary/aromatic N) is 1. The molecular weight excluding hydrogens is 278 g/mol. The van der Waals surface area contributed by atoms with Gasteiger partial charge in [0.15, 0.2) is 5.76 Å². The fourth-order valence-electron chi connectivity index (χ4n) is 2.23. The molecule has 0 bridgehead atoms. The van der Waals surface area contributed by atoms with Gasteiger partial charge in [0, 0.05) is 11.1 Å². The van der Waals surface area contributed by atoms with Crippen molar-refractivity contribution >= 4 is 5.97 Å². The molecule has 0 amide bonds. The number of carboxylic acids is 1. The SMILES string of the molecule is CCc1ccc(-c2cnc(-c3cccc(C(=O)O)c3)o2)cc1. The summed E-state index contributed by atoms with van der Waals surface area (Å²) in [7, 11) is 0. The van der Waals surface area contributed by atoms with Gasteiger partial charge in [0.2, 0.25) is 5.89 Å². The van der Waals surface area contributed by atoms with Crippen LogP contribution in [0.4, 0.5) is 0 Å². The molecule has 0 aliphatic rings. The maximum Gasteiger partial charge on any atom is 0.335 e. The van der Waals surface area contributed by atoms with E-state index < -0.39 is 5.97 Å². The number of carbonyl (C=O) groups is 1. The lowest BCUT2D eigenvalue weighted by atomic mass is 10.1. The summed E-state index contributed by atoms with van der Waals surface area (Å²) in [5.41, 5.74) is 3.07. The summed E-state index contributed by atoms with van der Waals surface area (Å²) in [5, 5.41) is 9.04. The van der Waals surface area contributed by atoms with E-state index in [-0.39, 0.29) is 5.56 Å². The highest BCUT2D eigenvalue weighted by atomic mass is 16.4. The molecule has 0 radical (unpaired) electrons. The van der Waals surface area contributed by atoms with Gasteiger partial charge in [-0.05, 0) is 30.2 Å². The lowest BCUT2D eigenvalue weighted by Gasteiger charge is -2.00. The van der Waals surface area contributed by atoms with Crippen LogP contribution in [0.15, 0.2) is 59.1 Å². The van der Waals surface area contributed by atoms with Crippen molar-refractivity contribution in [2.75, 3.05) is 0 Å². The van der Waals surface area contributed by atoms with Crippen LogP contribution in [0.2, 0.25) is 0 Å². The number of aryl methyl sites for hydroxylation is 1. The number of oxazole rings is 1. The maximum absolute atomic E-state index is 11.0. The summed E-state index contributed by atoms with van der Waals surface area (Å²) >= 11 is 0. The zero-order valence-corrected chi connectivity index (χ0v) is 12.1. The molecule has 0 spiro atoms. The van der Waals surface area contributed by atoms with Crippen LogP contribution in [0, 0.1) is 0 Å². The van der Waals surface area contributed by atoms with Crippen LogP contribution in [0.25, 0.3) is 22.8 Å². The highest BCUT2D eigenvalue weighted by Gasteiger charge is 2.11. The van der Waals surface area contributed by atoms with Gasteiger partial charge in [-0.25, -0.2) is 9.78 Å². The topological polar surface area (TPSA) is 63.3 Å². The zero-order valence-electron chi connectivity index (χ0n) is 12.1. The van der Waals surface area contributed by atoms with Gasteiger partial charge in [0.1, 0.15) is 0 Å². The Morgan fingerprint density at radius 3 is 2.59 bits per heavy atom. The number of carboxylic acid groups (broad SMARTS) is 1. The van der Waals surface area contributed by atoms with Gasteiger partial charge in [-0.1, -0.05) is 37.3 Å². The van der Waals surface area contributed by atoms with Crippen molar-refractivity contribution in [1.82, 2.24) is 4.98 Å². The summed E-state index contributed by atoms with van der Waals surface area (Å²) in [6, 6.07) is 14.7. The lowest BCUT2D eigenvalue weighted by molar-refractivity contribution is 0.0697. The molecule has 1 heterocycles. The van der Waals surface area contributed by atoms with E-state index in [0.29, 0.717) is 17.2 Å². The van der Waals surface area contributed by atoms with Crippen molar-refractivity contribution in [3.8, 4) is 22.8 Å². The monoisotopic (exact) mass is 293 g/mol. The molecule has 4 heteroatoms. The number of aromatic carboxylic acids is 1. The fourth-order valence-corrected chi connectivity index (χ4v) is 2.23. The minimum Gasteiger partial charge on any atom is -0.478 e. The van der Waals surface area contributed by atoms with E-state index in [1.807, 2.05) is 12.1 Å². The Morgan fingerprint density at radius 1 is 1.14 bits per heavy atom. The minimum absolute atomic E-state index is 0.213. The van der Waals surface area contributed by atoms with Crippen LogP contribution in [-0.4, -0.2) is 16.1 Å². The predicted octanol–water partition coefficient (Wildman–Crippen LogP) is 4.27. The van der Waals surface area contributed by atoms with Crippen LogP contribution < -0.4 is 0 Å². The Morgan fingerprint density at radius 2 is 1.91 bits per heavy atom. The van der Waals surface area contributed by atoms with E-state index >= 15 is 0 Å². The molecule has 3 aromatic rings. The smallest absolute Gasteiger partial charge is 0.335 e. The van der Waals surface area contributed by atoms with Crippen molar-refractivity contribution in [1.29, 1.82) is 0 Å². The summed E-state index contributed by atoms with van der Waals surface area (Å²) in [5.74, 6) is 0.111. The van der Waals surface area contributed by atoms with Crippen LogP contribution >= 0.6 is 0 Å². The first-order valence-electron chi connectivity index (χ1n) is 7.06. The van der Waals surface area contributed by atoms with Gasteiger partial charge in [0.05, 0.1) is 11.8 Å². The van der Waals surface area contributed by atoms with Crippen LogP contribution in [0.1, 0.15) is 22.8 Å². The van der Waals surface area contributed by atoms with Crippen molar-refractivity contribution in [3.05, 3.63) is 65.9 Å². The van der Waals surface area contributed by atoms with Gasteiger partial charge in [-0.15, -0.1) is 0 Å². The average Bonchev–Trinajstić information content (AvgIpc) is 3.05. The van der Waals surface area contributed by atoms with Gasteiger partial charge >= 0.3 is 5.97 Å². The third-order valence-corrected chi connectivity index (χ3v) is 3.51. The Kier molecular flexibility index (Phi) is 3.74. The average molecular weight is 293 g/mol. The van der Waals surface area contributed by atoms with E-state index in [9.17, 15) is 4.79 Å². The summed E-state index contributed by atoms with van der Waals surface area (Å²) in [4.78, 5) is 15.3. The number of hydrogen-bond acceptors (Lipinski definition) is 3. The number of hydrogen-bond donors (Lipinski definition) is 1. The largest absolute Gasteiger partial charge is 0.478 e. The molecule has 4 nitrogen and oxygen atoms in total. The first kappa shape index (κ1) is 14.1. The Hall–Kier alpha value is -2.88. The fraction of sp³-hybridized carbons (Fsp3) is 0.111. The van der Waals surface area contributed by atoms with Crippen molar-refractivity contribution in [2.45, 2.75) is 13.3 Å². The third-order valence-electron chi connectivity index (χ3n) is 3.51. The highest BCUT2D eigenvalue weighted by Crippen LogP contribution is 2.26. The Bertz CT molecular complexity index is 803. The lowest BCUT2D eigenvalue weighted by Crippen LogP contribution is -1.95. The van der Waals surface area contributed by atoms with Crippen LogP contribution in [0.5, 0.6) is 0 Å². The zero-order chi connectivity index (χ0) is 15.5. The number of rotatable bonds is 4. The van der Waals surface area contributed by atoms with Gasteiger partial charge in [0.25, 0.3) is 0 Å². The van der Waals surface area contributed by atoms with E-state index in [1.165, 1.54) is 5.56 Å². The Balaban J connectivity index is 1.93. The van der Waals surface area contributed by atoms with Gasteiger partial charge in [-0.3, -0.25) is 0 Å². The molecule has 0 aliphatic heterocycles. The van der Waals surface area contributed by atoms with Crippen molar-refractivity contribution < 1.29 is 14.3 Å². The first-order valence-corrected chi connectivity index (χ1v) is 7.06. The van der Waals surface area contributed by atoms with Gasteiger partial charge in [-0.2, -0.15) is 0 Å². The molecule has 0 atom stereocenters.